The lowest BCUT2D eigenvalue weighted by atomic mass is 10.1. The molecular formula is C22H17Cl3N2O2S. The van der Waals surface area contributed by atoms with Crippen LogP contribution in [0.25, 0.3) is 0 Å². The molecule has 2 heterocycles. The fraction of sp³-hybridized carbons (Fsp3) is 0.182. The van der Waals surface area contributed by atoms with Gasteiger partial charge in [-0.1, -0.05) is 40.9 Å². The molecule has 2 aromatic carbocycles. The standard InChI is InChI=1S/C22H17Cl3N2O2S/c23-16-5-3-4-15(20(16)25)21(28)26-13-7-8-14(17(24)12-13)22(29)27-10-2-1-6-19-18(27)9-11-30-19/h3-5,7-9,11-12H,1-2,6,10H2,(H,26,28). The summed E-state index contributed by atoms with van der Waals surface area (Å²) in [5.41, 5.74) is 2.08. The second-order valence-electron chi connectivity index (χ2n) is 6.89. The van der Waals surface area contributed by atoms with Gasteiger partial charge in [-0.05, 0) is 61.0 Å². The minimum atomic E-state index is -0.409. The normalized spacial score (nSPS) is 13.5. The molecule has 0 aliphatic carbocycles. The highest BCUT2D eigenvalue weighted by Gasteiger charge is 2.25. The van der Waals surface area contributed by atoms with Crippen LogP contribution in [0.5, 0.6) is 0 Å². The largest absolute Gasteiger partial charge is 0.322 e. The Kier molecular flexibility index (Phi) is 6.34. The lowest BCUT2D eigenvalue weighted by Gasteiger charge is -2.22. The zero-order valence-electron chi connectivity index (χ0n) is 15.8. The average molecular weight is 480 g/mol. The van der Waals surface area contributed by atoms with Crippen LogP contribution in [0.2, 0.25) is 15.1 Å². The number of anilines is 2. The number of rotatable bonds is 3. The zero-order chi connectivity index (χ0) is 21.3. The number of nitrogens with zero attached hydrogens (tertiary/aromatic N) is 1. The third kappa shape index (κ3) is 4.21. The number of carbonyl (C=O) groups is 2. The van der Waals surface area contributed by atoms with E-state index in [1.54, 1.807) is 52.6 Å². The van der Waals surface area contributed by atoms with E-state index in [0.717, 1.165) is 24.9 Å². The Hall–Kier alpha value is -2.05. The number of benzene rings is 2. The molecule has 4 rings (SSSR count). The van der Waals surface area contributed by atoms with Crippen LogP contribution in [0.4, 0.5) is 11.4 Å². The Balaban J connectivity index is 1.56. The number of aryl methyl sites for hydroxylation is 1. The van der Waals surface area contributed by atoms with Crippen molar-refractivity contribution in [1.82, 2.24) is 0 Å². The minimum absolute atomic E-state index is 0.141. The smallest absolute Gasteiger partial charge is 0.259 e. The maximum absolute atomic E-state index is 13.2. The van der Waals surface area contributed by atoms with E-state index in [2.05, 4.69) is 5.32 Å². The SMILES string of the molecule is O=C(Nc1ccc(C(=O)N2CCCCc3sccc32)c(Cl)c1)c1cccc(Cl)c1Cl. The molecule has 30 heavy (non-hydrogen) atoms. The Morgan fingerprint density at radius 1 is 0.967 bits per heavy atom. The molecule has 8 heteroatoms. The van der Waals surface area contributed by atoms with Crippen molar-refractivity contribution in [3.63, 3.8) is 0 Å². The summed E-state index contributed by atoms with van der Waals surface area (Å²) in [4.78, 5) is 28.8. The van der Waals surface area contributed by atoms with Crippen molar-refractivity contribution < 1.29 is 9.59 Å². The summed E-state index contributed by atoms with van der Waals surface area (Å²) in [5.74, 6) is -0.551. The first-order valence-corrected chi connectivity index (χ1v) is 11.4. The number of hydrogen-bond donors (Lipinski definition) is 1. The molecular weight excluding hydrogens is 463 g/mol. The monoisotopic (exact) mass is 478 g/mol. The predicted molar refractivity (Wildman–Crippen MR) is 125 cm³/mol. The fourth-order valence-corrected chi connectivity index (χ4v) is 5.01. The van der Waals surface area contributed by atoms with Gasteiger partial charge < -0.3 is 10.2 Å². The Morgan fingerprint density at radius 2 is 1.80 bits per heavy atom. The summed E-state index contributed by atoms with van der Waals surface area (Å²) >= 11 is 20.2. The molecule has 4 nitrogen and oxygen atoms in total. The number of thiophene rings is 1. The average Bonchev–Trinajstić information content (AvgIpc) is 3.09. The molecule has 0 saturated carbocycles. The van der Waals surface area contributed by atoms with E-state index in [4.69, 9.17) is 34.8 Å². The van der Waals surface area contributed by atoms with E-state index in [1.165, 1.54) is 4.88 Å². The summed E-state index contributed by atoms with van der Waals surface area (Å²) in [6, 6.07) is 11.7. The van der Waals surface area contributed by atoms with Crippen LogP contribution in [0, 0.1) is 0 Å². The van der Waals surface area contributed by atoms with Gasteiger partial charge in [0.15, 0.2) is 0 Å². The minimum Gasteiger partial charge on any atom is -0.322 e. The summed E-state index contributed by atoms with van der Waals surface area (Å²) in [5, 5.41) is 5.51. The van der Waals surface area contributed by atoms with Gasteiger partial charge in [0.05, 0.1) is 31.9 Å². The number of carbonyl (C=O) groups excluding carboxylic acids is 2. The van der Waals surface area contributed by atoms with Crippen molar-refractivity contribution in [2.45, 2.75) is 19.3 Å². The molecule has 0 radical (unpaired) electrons. The molecule has 2 amide bonds. The predicted octanol–water partition coefficient (Wildman–Crippen LogP) is 6.94. The third-order valence-electron chi connectivity index (χ3n) is 4.95. The molecule has 0 bridgehead atoms. The van der Waals surface area contributed by atoms with E-state index in [9.17, 15) is 9.59 Å². The first kappa shape index (κ1) is 21.2. The lowest BCUT2D eigenvalue weighted by Crippen LogP contribution is -2.31. The maximum atomic E-state index is 13.2. The molecule has 154 valence electrons. The first-order chi connectivity index (χ1) is 14.5. The number of nitrogens with one attached hydrogen (secondary N) is 1. The van der Waals surface area contributed by atoms with Gasteiger partial charge in [0, 0.05) is 17.1 Å². The molecule has 1 N–H and O–H groups in total. The molecule has 1 aliphatic rings. The van der Waals surface area contributed by atoms with E-state index in [0.29, 0.717) is 22.8 Å². The number of amides is 2. The van der Waals surface area contributed by atoms with Gasteiger partial charge >= 0.3 is 0 Å². The van der Waals surface area contributed by atoms with E-state index < -0.39 is 5.91 Å². The quantitative estimate of drug-likeness (QED) is 0.442. The van der Waals surface area contributed by atoms with Gasteiger partial charge in [-0.15, -0.1) is 11.3 Å². The van der Waals surface area contributed by atoms with Gasteiger partial charge in [0.25, 0.3) is 11.8 Å². The number of hydrogen-bond acceptors (Lipinski definition) is 3. The maximum Gasteiger partial charge on any atom is 0.259 e. The van der Waals surface area contributed by atoms with Gasteiger partial charge in [-0.3, -0.25) is 9.59 Å². The van der Waals surface area contributed by atoms with Crippen LogP contribution in [-0.2, 0) is 6.42 Å². The van der Waals surface area contributed by atoms with E-state index >= 15 is 0 Å². The molecule has 1 aliphatic heterocycles. The van der Waals surface area contributed by atoms with Crippen LogP contribution in [0.3, 0.4) is 0 Å². The molecule has 0 saturated heterocycles. The van der Waals surface area contributed by atoms with Crippen molar-refractivity contribution in [2.75, 3.05) is 16.8 Å². The lowest BCUT2D eigenvalue weighted by molar-refractivity contribution is 0.0986. The highest BCUT2D eigenvalue weighted by Crippen LogP contribution is 2.33. The van der Waals surface area contributed by atoms with Crippen molar-refractivity contribution in [3.05, 3.63) is 78.9 Å². The molecule has 1 aromatic heterocycles. The second-order valence-corrected chi connectivity index (χ2v) is 9.09. The van der Waals surface area contributed by atoms with Crippen molar-refractivity contribution in [2.24, 2.45) is 0 Å². The third-order valence-corrected chi connectivity index (χ3v) is 7.05. The molecule has 0 spiro atoms. The molecule has 3 aromatic rings. The summed E-state index contributed by atoms with van der Waals surface area (Å²) < 4.78 is 0. The Morgan fingerprint density at radius 3 is 2.60 bits per heavy atom. The fourth-order valence-electron chi connectivity index (χ4n) is 3.44. The molecule has 0 fully saturated rings. The van der Waals surface area contributed by atoms with Gasteiger partial charge in [-0.2, -0.15) is 0 Å². The first-order valence-electron chi connectivity index (χ1n) is 9.39. The van der Waals surface area contributed by atoms with Crippen LogP contribution >= 0.6 is 46.1 Å². The number of halogens is 3. The molecule has 0 atom stereocenters. The van der Waals surface area contributed by atoms with Crippen LogP contribution in [0.15, 0.2) is 47.8 Å². The zero-order valence-corrected chi connectivity index (χ0v) is 18.8. The van der Waals surface area contributed by atoms with Crippen molar-refractivity contribution in [3.8, 4) is 0 Å². The van der Waals surface area contributed by atoms with Crippen molar-refractivity contribution in [1.29, 1.82) is 0 Å². The number of fused-ring (bicyclic) bond motifs is 1. The van der Waals surface area contributed by atoms with E-state index in [1.807, 2.05) is 11.4 Å². The highest BCUT2D eigenvalue weighted by molar-refractivity contribution is 7.10. The van der Waals surface area contributed by atoms with E-state index in [-0.39, 0.29) is 21.5 Å². The van der Waals surface area contributed by atoms with Gasteiger partial charge in [0.1, 0.15) is 0 Å². The highest BCUT2D eigenvalue weighted by atomic mass is 35.5. The van der Waals surface area contributed by atoms with Gasteiger partial charge in [0.2, 0.25) is 0 Å². The summed E-state index contributed by atoms with van der Waals surface area (Å²) in [7, 11) is 0. The second kappa shape index (κ2) is 8.98. The topological polar surface area (TPSA) is 49.4 Å². The van der Waals surface area contributed by atoms with Gasteiger partial charge in [-0.25, -0.2) is 0 Å². The van der Waals surface area contributed by atoms with Crippen LogP contribution in [0.1, 0.15) is 38.4 Å². The van der Waals surface area contributed by atoms with Crippen LogP contribution in [-0.4, -0.2) is 18.4 Å². The molecule has 0 unspecified atom stereocenters. The summed E-state index contributed by atoms with van der Waals surface area (Å²) in [6.45, 7) is 0.657. The van der Waals surface area contributed by atoms with Crippen LogP contribution < -0.4 is 10.2 Å². The van der Waals surface area contributed by atoms with Crippen molar-refractivity contribution >= 4 is 69.3 Å². The Labute approximate surface area is 193 Å². The Bertz CT molecular complexity index is 1130. The summed E-state index contributed by atoms with van der Waals surface area (Å²) in [6.07, 6.45) is 2.99.